The van der Waals surface area contributed by atoms with E-state index in [9.17, 15) is 8.42 Å². The summed E-state index contributed by atoms with van der Waals surface area (Å²) >= 11 is 0. The van der Waals surface area contributed by atoms with Crippen LogP contribution in [0.15, 0.2) is 0 Å². The van der Waals surface area contributed by atoms with Crippen LogP contribution in [-0.4, -0.2) is 32.0 Å². The zero-order chi connectivity index (χ0) is 13.2. The van der Waals surface area contributed by atoms with Crippen LogP contribution in [0.4, 0.5) is 0 Å². The lowest BCUT2D eigenvalue weighted by Gasteiger charge is -2.42. The smallest absolute Gasteiger partial charge is 0.150 e. The fourth-order valence-corrected chi connectivity index (χ4v) is 4.89. The molecule has 1 heterocycles. The second-order valence-electron chi connectivity index (χ2n) is 6.47. The first kappa shape index (κ1) is 14.3. The molecule has 3 unspecified atom stereocenters. The molecule has 0 amide bonds. The van der Waals surface area contributed by atoms with Crippen molar-refractivity contribution >= 4 is 9.84 Å². The first-order valence-electron chi connectivity index (χ1n) is 7.36. The number of sulfone groups is 1. The number of nitrogens with one attached hydrogen (secondary N) is 1. The Hall–Kier alpha value is -0.0900. The highest BCUT2D eigenvalue weighted by atomic mass is 32.2. The maximum atomic E-state index is 11.8. The Morgan fingerprint density at radius 2 is 1.89 bits per heavy atom. The van der Waals surface area contributed by atoms with Crippen molar-refractivity contribution in [2.75, 3.05) is 12.8 Å². The molecule has 3 atom stereocenters. The first-order valence-corrected chi connectivity index (χ1v) is 9.31. The molecule has 2 aliphatic rings. The van der Waals surface area contributed by atoms with Gasteiger partial charge in [0.1, 0.15) is 9.84 Å². The molecule has 0 spiro atoms. The molecule has 0 aromatic carbocycles. The van der Waals surface area contributed by atoms with Crippen molar-refractivity contribution in [3.63, 3.8) is 0 Å². The van der Waals surface area contributed by atoms with Crippen molar-refractivity contribution in [1.82, 2.24) is 5.32 Å². The van der Waals surface area contributed by atoms with E-state index >= 15 is 0 Å². The van der Waals surface area contributed by atoms with Gasteiger partial charge in [0.05, 0.1) is 5.25 Å². The van der Waals surface area contributed by atoms with E-state index in [1.807, 2.05) is 0 Å². The van der Waals surface area contributed by atoms with E-state index in [2.05, 4.69) is 12.2 Å². The van der Waals surface area contributed by atoms with Crippen molar-refractivity contribution in [1.29, 1.82) is 0 Å². The lowest BCUT2D eigenvalue weighted by molar-refractivity contribution is 0.173. The van der Waals surface area contributed by atoms with Crippen LogP contribution in [0.5, 0.6) is 0 Å². The van der Waals surface area contributed by atoms with E-state index < -0.39 is 9.84 Å². The van der Waals surface area contributed by atoms with Gasteiger partial charge in [0.15, 0.2) is 0 Å². The zero-order valence-electron chi connectivity index (χ0n) is 11.7. The highest BCUT2D eigenvalue weighted by molar-refractivity contribution is 7.91. The number of hydrogen-bond donors (Lipinski definition) is 1. The predicted molar refractivity (Wildman–Crippen MR) is 75.5 cm³/mol. The molecule has 0 bridgehead atoms. The molecule has 1 saturated heterocycles. The Kier molecular flexibility index (Phi) is 4.37. The average Bonchev–Trinajstić information content (AvgIpc) is 2.54. The van der Waals surface area contributed by atoms with Crippen molar-refractivity contribution in [3.05, 3.63) is 0 Å². The van der Waals surface area contributed by atoms with Gasteiger partial charge < -0.3 is 5.32 Å². The minimum absolute atomic E-state index is 0.0990. The summed E-state index contributed by atoms with van der Waals surface area (Å²) in [4.78, 5) is 0. The summed E-state index contributed by atoms with van der Waals surface area (Å²) in [5.41, 5.74) is 0.167. The average molecular weight is 273 g/mol. The van der Waals surface area contributed by atoms with Gasteiger partial charge in [-0.2, -0.15) is 0 Å². The van der Waals surface area contributed by atoms with E-state index in [-0.39, 0.29) is 10.8 Å². The van der Waals surface area contributed by atoms with Gasteiger partial charge in [-0.1, -0.05) is 19.3 Å². The molecule has 1 N–H and O–H groups in total. The molecule has 0 radical (unpaired) electrons. The summed E-state index contributed by atoms with van der Waals surface area (Å²) < 4.78 is 23.5. The topological polar surface area (TPSA) is 46.2 Å². The lowest BCUT2D eigenvalue weighted by Crippen LogP contribution is -2.50. The molecule has 2 fully saturated rings. The Bertz CT molecular complexity index is 369. The van der Waals surface area contributed by atoms with Crippen LogP contribution in [0.3, 0.4) is 0 Å². The molecule has 1 aliphatic heterocycles. The van der Waals surface area contributed by atoms with Crippen LogP contribution in [0.2, 0.25) is 0 Å². The van der Waals surface area contributed by atoms with Gasteiger partial charge in [0, 0.05) is 11.8 Å². The summed E-state index contributed by atoms with van der Waals surface area (Å²) in [5.74, 6) is 0.532. The molecule has 3 nitrogen and oxygen atoms in total. The Morgan fingerprint density at radius 1 is 1.11 bits per heavy atom. The van der Waals surface area contributed by atoms with Crippen LogP contribution in [-0.2, 0) is 9.84 Å². The summed E-state index contributed by atoms with van der Waals surface area (Å²) in [6.07, 6.45) is 10.5. The molecular formula is C14H27NO2S. The summed E-state index contributed by atoms with van der Waals surface area (Å²) in [6.45, 7) is 3.41. The lowest BCUT2D eigenvalue weighted by atomic mass is 9.73. The van der Waals surface area contributed by atoms with E-state index in [0.717, 1.165) is 25.8 Å². The fraction of sp³-hybridized carbons (Fsp3) is 1.00. The molecule has 2 rings (SSSR count). The van der Waals surface area contributed by atoms with Gasteiger partial charge in [0.2, 0.25) is 0 Å². The summed E-state index contributed by atoms with van der Waals surface area (Å²) in [5, 5.41) is 3.61. The largest absolute Gasteiger partial charge is 0.311 e. The second kappa shape index (κ2) is 5.49. The first-order chi connectivity index (χ1) is 8.42. The monoisotopic (exact) mass is 273 g/mol. The summed E-state index contributed by atoms with van der Waals surface area (Å²) in [7, 11) is -2.86. The van der Waals surface area contributed by atoms with Gasteiger partial charge in [-0.15, -0.1) is 0 Å². The third-order valence-electron chi connectivity index (χ3n) is 5.03. The standard InChI is InChI=1S/C14H27NO2S/c1-14(9-4-3-5-10-15-14)12-7-6-8-13(11-12)18(2,16)17/h12-13,15H,3-11H2,1-2H3. The van der Waals surface area contributed by atoms with Crippen LogP contribution < -0.4 is 5.32 Å². The third-order valence-corrected chi connectivity index (χ3v) is 6.67. The van der Waals surface area contributed by atoms with Gasteiger partial charge >= 0.3 is 0 Å². The van der Waals surface area contributed by atoms with E-state index in [1.54, 1.807) is 0 Å². The zero-order valence-corrected chi connectivity index (χ0v) is 12.6. The molecule has 0 aromatic rings. The van der Waals surface area contributed by atoms with Crippen molar-refractivity contribution in [2.24, 2.45) is 5.92 Å². The van der Waals surface area contributed by atoms with E-state index in [4.69, 9.17) is 0 Å². The SMILES string of the molecule is CC1(C2CCCC(S(C)(=O)=O)C2)CCCCCN1. The Balaban J connectivity index is 2.07. The highest BCUT2D eigenvalue weighted by Crippen LogP contribution is 2.38. The second-order valence-corrected chi connectivity index (χ2v) is 8.80. The minimum Gasteiger partial charge on any atom is -0.311 e. The molecule has 106 valence electrons. The Morgan fingerprint density at radius 3 is 2.61 bits per heavy atom. The molecule has 1 saturated carbocycles. The quantitative estimate of drug-likeness (QED) is 0.841. The molecule has 1 aliphatic carbocycles. The van der Waals surface area contributed by atoms with Gasteiger partial charge in [-0.25, -0.2) is 8.42 Å². The predicted octanol–water partition coefficient (Wildman–Crippen LogP) is 2.51. The number of hydrogen-bond acceptors (Lipinski definition) is 3. The van der Waals surface area contributed by atoms with Crippen LogP contribution >= 0.6 is 0 Å². The molecular weight excluding hydrogens is 246 g/mol. The van der Waals surface area contributed by atoms with E-state index in [0.29, 0.717) is 5.92 Å². The molecule has 18 heavy (non-hydrogen) atoms. The maximum absolute atomic E-state index is 11.8. The van der Waals surface area contributed by atoms with Crippen molar-refractivity contribution in [3.8, 4) is 0 Å². The molecule has 4 heteroatoms. The number of rotatable bonds is 2. The van der Waals surface area contributed by atoms with Crippen molar-refractivity contribution < 1.29 is 8.42 Å². The van der Waals surface area contributed by atoms with Crippen LogP contribution in [0.25, 0.3) is 0 Å². The van der Waals surface area contributed by atoms with E-state index in [1.165, 1.54) is 38.4 Å². The normalized spacial score (nSPS) is 39.2. The maximum Gasteiger partial charge on any atom is 0.150 e. The Labute approximate surface area is 112 Å². The van der Waals surface area contributed by atoms with Crippen LogP contribution in [0.1, 0.15) is 58.3 Å². The minimum atomic E-state index is -2.86. The third kappa shape index (κ3) is 3.27. The van der Waals surface area contributed by atoms with Gasteiger partial charge in [-0.05, 0) is 51.5 Å². The molecule has 0 aromatic heterocycles. The van der Waals surface area contributed by atoms with Crippen LogP contribution in [0, 0.1) is 5.92 Å². The van der Waals surface area contributed by atoms with Gasteiger partial charge in [0.25, 0.3) is 0 Å². The fourth-order valence-electron chi connectivity index (χ4n) is 3.72. The van der Waals surface area contributed by atoms with Gasteiger partial charge in [-0.3, -0.25) is 0 Å². The summed E-state index contributed by atoms with van der Waals surface area (Å²) in [6, 6.07) is 0. The highest BCUT2D eigenvalue weighted by Gasteiger charge is 2.39. The van der Waals surface area contributed by atoms with Crippen molar-refractivity contribution in [2.45, 2.75) is 69.1 Å².